The fourth-order valence-electron chi connectivity index (χ4n) is 4.85. The molecule has 1 aliphatic rings. The quantitative estimate of drug-likeness (QED) is 0.196. The molecular formula is C29H29F3N6O4. The van der Waals surface area contributed by atoms with Crippen molar-refractivity contribution >= 4 is 28.9 Å². The number of nitrogens with one attached hydrogen (secondary N) is 2. The number of alkyl halides is 3. The summed E-state index contributed by atoms with van der Waals surface area (Å²) in [6.45, 7) is 0.603. The molecule has 1 saturated carbocycles. The van der Waals surface area contributed by atoms with Gasteiger partial charge in [0.1, 0.15) is 11.3 Å². The van der Waals surface area contributed by atoms with Crippen LogP contribution in [0.25, 0.3) is 11.2 Å². The van der Waals surface area contributed by atoms with Gasteiger partial charge in [0.15, 0.2) is 11.5 Å². The Morgan fingerprint density at radius 3 is 2.38 bits per heavy atom. The molecular weight excluding hydrogens is 553 g/mol. The van der Waals surface area contributed by atoms with Gasteiger partial charge < -0.3 is 25.4 Å². The highest BCUT2D eigenvalue weighted by molar-refractivity contribution is 5.97. The van der Waals surface area contributed by atoms with Crippen molar-refractivity contribution in [3.63, 3.8) is 0 Å². The summed E-state index contributed by atoms with van der Waals surface area (Å²) in [6.07, 6.45) is 0.0936. The Morgan fingerprint density at radius 1 is 1.00 bits per heavy atom. The van der Waals surface area contributed by atoms with Gasteiger partial charge in [0.25, 0.3) is 5.91 Å². The maximum absolute atomic E-state index is 13.4. The number of carbonyl (C=O) groups is 2. The number of carboxylic acids is 1. The van der Waals surface area contributed by atoms with Gasteiger partial charge in [-0.2, -0.15) is 13.2 Å². The largest absolute Gasteiger partial charge is 0.508 e. The Morgan fingerprint density at radius 2 is 1.74 bits per heavy atom. The summed E-state index contributed by atoms with van der Waals surface area (Å²) >= 11 is 0. The van der Waals surface area contributed by atoms with E-state index < -0.39 is 29.4 Å². The monoisotopic (exact) mass is 582 g/mol. The van der Waals surface area contributed by atoms with Gasteiger partial charge in [0.05, 0.1) is 12.1 Å². The Hall–Kier alpha value is -4.68. The zero-order valence-electron chi connectivity index (χ0n) is 22.5. The summed E-state index contributed by atoms with van der Waals surface area (Å²) in [4.78, 5) is 37.7. The van der Waals surface area contributed by atoms with Crippen molar-refractivity contribution in [3.05, 3.63) is 76.9 Å². The number of hydrogen-bond donors (Lipinski definition) is 4. The first-order valence-corrected chi connectivity index (χ1v) is 13.6. The highest BCUT2D eigenvalue weighted by Gasteiger charge is 2.30. The molecule has 1 fully saturated rings. The van der Waals surface area contributed by atoms with E-state index in [9.17, 15) is 33.0 Å². The summed E-state index contributed by atoms with van der Waals surface area (Å²) in [5.74, 6) is -1.76. The number of nitrogens with zero attached hydrogens (tertiary/aromatic N) is 4. The maximum atomic E-state index is 13.4. The van der Waals surface area contributed by atoms with Crippen molar-refractivity contribution in [2.75, 3.05) is 18.4 Å². The molecule has 2 aromatic carbocycles. The van der Waals surface area contributed by atoms with Crippen molar-refractivity contribution in [2.45, 2.75) is 44.8 Å². The predicted molar refractivity (Wildman–Crippen MR) is 147 cm³/mol. The van der Waals surface area contributed by atoms with Gasteiger partial charge in [-0.15, -0.1) is 0 Å². The third kappa shape index (κ3) is 6.45. The van der Waals surface area contributed by atoms with Gasteiger partial charge in [-0.1, -0.05) is 49.6 Å². The Bertz CT molecular complexity index is 1600. The lowest BCUT2D eigenvalue weighted by Gasteiger charge is -2.25. The van der Waals surface area contributed by atoms with E-state index in [0.29, 0.717) is 30.0 Å². The van der Waals surface area contributed by atoms with Gasteiger partial charge in [-0.05, 0) is 48.1 Å². The van der Waals surface area contributed by atoms with Crippen molar-refractivity contribution in [1.29, 1.82) is 0 Å². The van der Waals surface area contributed by atoms with Gasteiger partial charge in [-0.25, -0.2) is 19.7 Å². The van der Waals surface area contributed by atoms with Crippen LogP contribution in [0.2, 0.25) is 0 Å². The first-order valence-electron chi connectivity index (χ1n) is 13.6. The second kappa shape index (κ2) is 12.0. The van der Waals surface area contributed by atoms with Gasteiger partial charge in [-0.3, -0.25) is 4.79 Å². The van der Waals surface area contributed by atoms with Crippen LogP contribution in [0.3, 0.4) is 0 Å². The number of anilines is 1. The summed E-state index contributed by atoms with van der Waals surface area (Å²) in [5.41, 5.74) is 0.501. The first-order chi connectivity index (χ1) is 20.1. The number of benzene rings is 2. The van der Waals surface area contributed by atoms with Crippen LogP contribution in [0.15, 0.2) is 48.5 Å². The predicted octanol–water partition coefficient (Wildman–Crippen LogP) is 4.87. The second-order valence-electron chi connectivity index (χ2n) is 10.2. The molecule has 10 nitrogen and oxygen atoms in total. The molecule has 0 unspecified atom stereocenters. The number of amides is 1. The third-order valence-electron chi connectivity index (χ3n) is 7.36. The lowest BCUT2D eigenvalue weighted by Crippen LogP contribution is -2.29. The number of fused-ring (bicyclic) bond motifs is 1. The molecule has 0 saturated heterocycles. The number of aromatic carboxylic acids is 1. The molecule has 1 aliphatic carbocycles. The minimum atomic E-state index is -4.50. The number of para-hydroxylation sites is 1. The van der Waals surface area contributed by atoms with E-state index in [1.165, 1.54) is 23.1 Å². The van der Waals surface area contributed by atoms with E-state index in [-0.39, 0.29) is 41.6 Å². The molecule has 5 rings (SSSR count). The van der Waals surface area contributed by atoms with Crippen LogP contribution in [0, 0.1) is 5.92 Å². The molecule has 0 atom stereocenters. The van der Waals surface area contributed by atoms with E-state index in [4.69, 9.17) is 0 Å². The summed E-state index contributed by atoms with van der Waals surface area (Å²) in [6, 6.07) is 11.2. The highest BCUT2D eigenvalue weighted by Crippen LogP contribution is 2.31. The molecule has 0 aliphatic heterocycles. The van der Waals surface area contributed by atoms with Gasteiger partial charge in [0, 0.05) is 13.1 Å². The number of aromatic nitrogens is 4. The lowest BCUT2D eigenvalue weighted by atomic mass is 9.83. The van der Waals surface area contributed by atoms with Gasteiger partial charge >= 0.3 is 12.1 Å². The zero-order valence-corrected chi connectivity index (χ0v) is 22.5. The molecule has 2 aromatic heterocycles. The van der Waals surface area contributed by atoms with Crippen LogP contribution in [0.5, 0.6) is 5.75 Å². The molecule has 4 aromatic rings. The molecule has 0 bridgehead atoms. The van der Waals surface area contributed by atoms with E-state index in [1.54, 1.807) is 24.3 Å². The number of phenols is 1. The molecule has 42 heavy (non-hydrogen) atoms. The first kappa shape index (κ1) is 28.8. The van der Waals surface area contributed by atoms with Crippen molar-refractivity contribution in [3.8, 4) is 5.75 Å². The zero-order chi connectivity index (χ0) is 29.9. The number of imidazole rings is 1. The number of carboxylic acid groups (broad SMARTS) is 1. The molecule has 1 amide bonds. The van der Waals surface area contributed by atoms with Crippen molar-refractivity contribution < 1.29 is 33.0 Å². The third-order valence-corrected chi connectivity index (χ3v) is 7.36. The van der Waals surface area contributed by atoms with Crippen LogP contribution in [0.4, 0.5) is 19.0 Å². The minimum Gasteiger partial charge on any atom is -0.508 e. The highest BCUT2D eigenvalue weighted by atomic mass is 19.4. The molecule has 220 valence electrons. The summed E-state index contributed by atoms with van der Waals surface area (Å²) in [5, 5.41) is 25.6. The minimum absolute atomic E-state index is 0.0358. The lowest BCUT2D eigenvalue weighted by molar-refractivity contribution is -0.137. The Kier molecular flexibility index (Phi) is 8.27. The van der Waals surface area contributed by atoms with Crippen LogP contribution in [-0.2, 0) is 19.1 Å². The molecule has 0 spiro atoms. The molecule has 0 radical (unpaired) electrons. The van der Waals surface area contributed by atoms with E-state index >= 15 is 0 Å². The topological polar surface area (TPSA) is 142 Å². The van der Waals surface area contributed by atoms with E-state index in [1.807, 2.05) is 0 Å². The number of aromatic hydroxyl groups is 1. The normalized spacial score (nSPS) is 13.6. The number of phenolic OH excluding ortho intramolecular Hbond substituents is 1. The number of hydrogen-bond acceptors (Lipinski definition) is 7. The van der Waals surface area contributed by atoms with Crippen LogP contribution in [-0.4, -0.2) is 54.7 Å². The molecule has 13 heteroatoms. The van der Waals surface area contributed by atoms with E-state index in [2.05, 4.69) is 25.6 Å². The molecule has 2 heterocycles. The summed E-state index contributed by atoms with van der Waals surface area (Å²) < 4.78 is 40.9. The van der Waals surface area contributed by atoms with Crippen molar-refractivity contribution in [2.24, 2.45) is 5.92 Å². The summed E-state index contributed by atoms with van der Waals surface area (Å²) in [7, 11) is 0. The maximum Gasteiger partial charge on any atom is 0.416 e. The average molecular weight is 583 g/mol. The van der Waals surface area contributed by atoms with Crippen LogP contribution >= 0.6 is 0 Å². The van der Waals surface area contributed by atoms with Gasteiger partial charge in [0.2, 0.25) is 11.6 Å². The van der Waals surface area contributed by atoms with Crippen LogP contribution < -0.4 is 10.6 Å². The number of halogens is 3. The number of carbonyl (C=O) groups excluding carboxylic acids is 1. The fourth-order valence-corrected chi connectivity index (χ4v) is 4.85. The number of rotatable bonds is 11. The van der Waals surface area contributed by atoms with Crippen molar-refractivity contribution in [1.82, 2.24) is 24.8 Å². The average Bonchev–Trinajstić information content (AvgIpc) is 3.29. The Balaban J connectivity index is 1.50. The standard InChI is InChI=1S/C29H29F3N6O4/c30-29(31,32)20-10-8-18(9-11-20)16-38-22-23(33-14-12-17-4-3-5-17)35-25(28(41)42)36-24(22)37-26(38)27(40)34-15-13-19-6-1-2-7-21(19)39/h1-2,6-11,17,39H,3-5,12-16H2,(H,34,40)(H,41,42)(H,33,35,36). The SMILES string of the molecule is O=C(O)c1nc(NCCC2CCC2)c2c(n1)nc(C(=O)NCCc1ccccc1O)n2Cc1ccc(C(F)(F)F)cc1. The smallest absolute Gasteiger partial charge is 0.416 e. The molecule has 4 N–H and O–H groups in total. The van der Waals surface area contributed by atoms with E-state index in [0.717, 1.165) is 31.4 Å². The van der Waals surface area contributed by atoms with Crippen LogP contribution in [0.1, 0.15) is 63.6 Å². The second-order valence-corrected chi connectivity index (χ2v) is 10.2. The Labute approximate surface area is 238 Å². The fraction of sp³-hybridized carbons (Fsp3) is 0.345.